The number of rotatable bonds is 4. The number of hydrogen-bond donors (Lipinski definition) is 2. The van der Waals surface area contributed by atoms with E-state index in [4.69, 9.17) is 10.5 Å². The van der Waals surface area contributed by atoms with Gasteiger partial charge in [-0.1, -0.05) is 6.07 Å². The molecule has 0 unspecified atom stereocenters. The van der Waals surface area contributed by atoms with Crippen molar-refractivity contribution >= 4 is 29.1 Å². The maximum atomic E-state index is 11.6. The molecular formula is C15H22N2O2S. The van der Waals surface area contributed by atoms with Crippen LogP contribution in [0.3, 0.4) is 0 Å². The van der Waals surface area contributed by atoms with Crippen LogP contribution in [0.2, 0.25) is 0 Å². The fraction of sp³-hybridized carbons (Fsp3) is 0.533. The third-order valence-electron chi connectivity index (χ3n) is 3.88. The third kappa shape index (κ3) is 3.39. The number of carbonyl (C=O) groups is 1. The molecule has 1 aromatic carbocycles. The van der Waals surface area contributed by atoms with Crippen LogP contribution in [0, 0.1) is 0 Å². The molecule has 0 heterocycles. The van der Waals surface area contributed by atoms with Gasteiger partial charge in [-0.3, -0.25) is 0 Å². The summed E-state index contributed by atoms with van der Waals surface area (Å²) in [6.07, 6.45) is 6.93. The summed E-state index contributed by atoms with van der Waals surface area (Å²) in [5.41, 5.74) is 7.80. The van der Waals surface area contributed by atoms with Crippen LogP contribution in [0.15, 0.2) is 18.2 Å². The van der Waals surface area contributed by atoms with Crippen LogP contribution in [-0.4, -0.2) is 30.6 Å². The number of nitrogens with two attached hydrogens (primary N) is 1. The second-order valence-electron chi connectivity index (χ2n) is 5.11. The smallest absolute Gasteiger partial charge is 0.340 e. The van der Waals surface area contributed by atoms with E-state index in [0.717, 1.165) is 23.8 Å². The largest absolute Gasteiger partial charge is 0.465 e. The molecule has 0 bridgehead atoms. The zero-order valence-electron chi connectivity index (χ0n) is 12.0. The van der Waals surface area contributed by atoms with E-state index in [2.05, 4.69) is 11.6 Å². The highest BCUT2D eigenvalue weighted by atomic mass is 32.2. The summed E-state index contributed by atoms with van der Waals surface area (Å²) < 4.78 is 4.74. The summed E-state index contributed by atoms with van der Waals surface area (Å²) in [4.78, 5) is 11.6. The fourth-order valence-electron chi connectivity index (χ4n) is 2.64. The van der Waals surface area contributed by atoms with Gasteiger partial charge < -0.3 is 15.8 Å². The van der Waals surface area contributed by atoms with Crippen molar-refractivity contribution in [3.05, 3.63) is 23.8 Å². The van der Waals surface area contributed by atoms with Gasteiger partial charge in [0.2, 0.25) is 0 Å². The lowest BCUT2D eigenvalue weighted by Gasteiger charge is -2.29. The molecule has 5 heteroatoms. The average Bonchev–Trinajstić information content (AvgIpc) is 2.49. The first-order valence-corrected chi connectivity index (χ1v) is 8.20. The topological polar surface area (TPSA) is 64.3 Å². The van der Waals surface area contributed by atoms with Crippen LogP contribution >= 0.6 is 11.8 Å². The van der Waals surface area contributed by atoms with Crippen LogP contribution in [-0.2, 0) is 4.74 Å². The van der Waals surface area contributed by atoms with Gasteiger partial charge in [0, 0.05) is 11.3 Å². The second-order valence-corrected chi connectivity index (χ2v) is 6.25. The van der Waals surface area contributed by atoms with Crippen molar-refractivity contribution in [2.75, 3.05) is 24.4 Å². The molecule has 20 heavy (non-hydrogen) atoms. The number of nitrogen functional groups attached to an aromatic ring is 1. The Kier molecular flexibility index (Phi) is 5.17. The number of ether oxygens (including phenoxy) is 1. The summed E-state index contributed by atoms with van der Waals surface area (Å²) in [5, 5.41) is 4.26. The first-order valence-electron chi connectivity index (χ1n) is 6.91. The molecule has 3 N–H and O–H groups in total. The maximum absolute atomic E-state index is 11.6. The standard InChI is InChI=1S/C15H22N2O2S/c1-19-15(18)12-4-3-5-13(14(12)16)17-10-6-8-11(20-2)9-7-10/h3-5,10-11,17H,6-9,16H2,1-2H3. The summed E-state index contributed by atoms with van der Waals surface area (Å²) in [5.74, 6) is -0.391. The van der Waals surface area contributed by atoms with Gasteiger partial charge in [0.25, 0.3) is 0 Å². The van der Waals surface area contributed by atoms with Gasteiger partial charge in [-0.05, 0) is 44.1 Å². The van der Waals surface area contributed by atoms with E-state index in [1.54, 1.807) is 6.07 Å². The number of nitrogens with one attached hydrogen (secondary N) is 1. The quantitative estimate of drug-likeness (QED) is 0.660. The van der Waals surface area contributed by atoms with Crippen LogP contribution in [0.25, 0.3) is 0 Å². The van der Waals surface area contributed by atoms with Crippen LogP contribution < -0.4 is 11.1 Å². The lowest BCUT2D eigenvalue weighted by atomic mass is 9.94. The van der Waals surface area contributed by atoms with Crippen molar-refractivity contribution in [2.45, 2.75) is 37.0 Å². The molecule has 0 aliphatic heterocycles. The average molecular weight is 294 g/mol. The van der Waals surface area contributed by atoms with Gasteiger partial charge in [-0.2, -0.15) is 11.8 Å². The maximum Gasteiger partial charge on any atom is 0.340 e. The van der Waals surface area contributed by atoms with Crippen LogP contribution in [0.4, 0.5) is 11.4 Å². The number of hydrogen-bond acceptors (Lipinski definition) is 5. The number of carbonyl (C=O) groups excluding carboxylic acids is 1. The lowest BCUT2D eigenvalue weighted by Crippen LogP contribution is -2.27. The van der Waals surface area contributed by atoms with Gasteiger partial charge in [0.1, 0.15) is 0 Å². The Morgan fingerprint density at radius 3 is 2.65 bits per heavy atom. The fourth-order valence-corrected chi connectivity index (χ4v) is 3.39. The first-order chi connectivity index (χ1) is 9.65. The minimum atomic E-state index is -0.391. The second kappa shape index (κ2) is 6.88. The van der Waals surface area contributed by atoms with Gasteiger partial charge in [-0.15, -0.1) is 0 Å². The van der Waals surface area contributed by atoms with Gasteiger partial charge >= 0.3 is 5.97 Å². The minimum absolute atomic E-state index is 0.391. The van der Waals surface area contributed by atoms with Crippen molar-refractivity contribution in [1.29, 1.82) is 0 Å². The molecule has 0 radical (unpaired) electrons. The molecule has 4 nitrogen and oxygen atoms in total. The Balaban J connectivity index is 2.05. The molecule has 1 aliphatic carbocycles. The van der Waals surface area contributed by atoms with Gasteiger partial charge in [0.15, 0.2) is 0 Å². The molecule has 0 amide bonds. The number of anilines is 2. The van der Waals surface area contributed by atoms with Crippen molar-refractivity contribution in [2.24, 2.45) is 0 Å². The zero-order chi connectivity index (χ0) is 14.5. The summed E-state index contributed by atoms with van der Waals surface area (Å²) >= 11 is 1.95. The monoisotopic (exact) mass is 294 g/mol. The van der Waals surface area contributed by atoms with E-state index < -0.39 is 5.97 Å². The zero-order valence-corrected chi connectivity index (χ0v) is 12.8. The normalized spacial score (nSPS) is 22.3. The molecule has 0 aromatic heterocycles. The molecule has 1 saturated carbocycles. The minimum Gasteiger partial charge on any atom is -0.465 e. The Morgan fingerprint density at radius 1 is 1.35 bits per heavy atom. The summed E-state index contributed by atoms with van der Waals surface area (Å²) in [7, 11) is 1.37. The van der Waals surface area contributed by atoms with E-state index in [0.29, 0.717) is 17.3 Å². The van der Waals surface area contributed by atoms with E-state index in [1.165, 1.54) is 20.0 Å². The molecule has 1 fully saturated rings. The number of thioether (sulfide) groups is 1. The molecule has 0 saturated heterocycles. The molecule has 1 aliphatic rings. The molecule has 1 aromatic rings. The summed E-state index contributed by atoms with van der Waals surface area (Å²) in [6.45, 7) is 0. The number of para-hydroxylation sites is 1. The predicted octanol–water partition coefficient (Wildman–Crippen LogP) is 3.14. The molecule has 0 spiro atoms. The highest BCUT2D eigenvalue weighted by Crippen LogP contribution is 2.31. The van der Waals surface area contributed by atoms with E-state index in [-0.39, 0.29) is 0 Å². The molecule has 110 valence electrons. The highest BCUT2D eigenvalue weighted by molar-refractivity contribution is 7.99. The summed E-state index contributed by atoms with van der Waals surface area (Å²) in [6, 6.07) is 5.88. The Labute approximate surface area is 124 Å². The first kappa shape index (κ1) is 15.0. The van der Waals surface area contributed by atoms with Crippen molar-refractivity contribution in [3.8, 4) is 0 Å². The van der Waals surface area contributed by atoms with Crippen molar-refractivity contribution < 1.29 is 9.53 Å². The lowest BCUT2D eigenvalue weighted by molar-refractivity contribution is 0.0602. The van der Waals surface area contributed by atoms with Crippen molar-refractivity contribution in [1.82, 2.24) is 0 Å². The van der Waals surface area contributed by atoms with Crippen LogP contribution in [0.5, 0.6) is 0 Å². The number of esters is 1. The Hall–Kier alpha value is -1.36. The van der Waals surface area contributed by atoms with Crippen LogP contribution in [0.1, 0.15) is 36.0 Å². The highest BCUT2D eigenvalue weighted by Gasteiger charge is 2.21. The molecule has 0 atom stereocenters. The van der Waals surface area contributed by atoms with E-state index in [1.807, 2.05) is 23.9 Å². The van der Waals surface area contributed by atoms with Gasteiger partial charge in [-0.25, -0.2) is 4.79 Å². The SMILES string of the molecule is COC(=O)c1cccc(NC2CCC(SC)CC2)c1N. The Morgan fingerprint density at radius 2 is 2.05 bits per heavy atom. The Bertz CT molecular complexity index is 471. The third-order valence-corrected chi connectivity index (χ3v) is 5.02. The molecule has 2 rings (SSSR count). The van der Waals surface area contributed by atoms with E-state index in [9.17, 15) is 4.79 Å². The van der Waals surface area contributed by atoms with Gasteiger partial charge in [0.05, 0.1) is 24.0 Å². The number of methoxy groups -OCH3 is 1. The number of benzene rings is 1. The van der Waals surface area contributed by atoms with Crippen molar-refractivity contribution in [3.63, 3.8) is 0 Å². The predicted molar refractivity (Wildman–Crippen MR) is 85.4 cm³/mol. The molecular weight excluding hydrogens is 272 g/mol. The van der Waals surface area contributed by atoms with E-state index >= 15 is 0 Å².